The maximum atomic E-state index is 13.2. The molecule has 1 atom stereocenters. The second kappa shape index (κ2) is 10.4. The Hall–Kier alpha value is -1.98. The average Bonchev–Trinajstić information content (AvgIpc) is 2.70. The molecular weight excluding hydrogens is 367 g/mol. The quantitative estimate of drug-likeness (QED) is 0.430. The van der Waals surface area contributed by atoms with Gasteiger partial charge in [-0.25, -0.2) is 9.36 Å². The molecule has 0 heterocycles. The summed E-state index contributed by atoms with van der Waals surface area (Å²) in [6.45, 7) is 3.58. The Morgan fingerprint density at radius 3 is 1.70 bits per heavy atom. The Bertz CT molecular complexity index is 700. The van der Waals surface area contributed by atoms with E-state index < -0.39 is 19.9 Å². The highest BCUT2D eigenvalue weighted by Crippen LogP contribution is 2.52. The van der Waals surface area contributed by atoms with E-state index in [1.165, 1.54) is 7.11 Å². The highest BCUT2D eigenvalue weighted by atomic mass is 31.2. The number of esters is 1. The Labute approximate surface area is 160 Å². The minimum atomic E-state index is -4.03. The highest BCUT2D eigenvalue weighted by Gasteiger charge is 2.37. The maximum absolute atomic E-state index is 13.2. The van der Waals surface area contributed by atoms with Gasteiger partial charge in [0, 0.05) is 0 Å². The maximum Gasteiger partial charge on any atom is 0.476 e. The fourth-order valence-corrected chi connectivity index (χ4v) is 3.66. The van der Waals surface area contributed by atoms with Gasteiger partial charge in [-0.1, -0.05) is 74.5 Å². The summed E-state index contributed by atoms with van der Waals surface area (Å²) in [5.41, 5.74) is 1.62. The van der Waals surface area contributed by atoms with Crippen LogP contribution in [0.1, 0.15) is 25.0 Å². The van der Waals surface area contributed by atoms with Crippen molar-refractivity contribution in [3.8, 4) is 0 Å². The van der Waals surface area contributed by atoms with Crippen molar-refractivity contribution in [3.63, 3.8) is 0 Å². The van der Waals surface area contributed by atoms with Crippen molar-refractivity contribution in [2.24, 2.45) is 5.92 Å². The van der Waals surface area contributed by atoms with Gasteiger partial charge in [0.2, 0.25) is 0 Å². The van der Waals surface area contributed by atoms with Gasteiger partial charge in [0.15, 0.2) is 6.10 Å². The highest BCUT2D eigenvalue weighted by molar-refractivity contribution is 7.48. The van der Waals surface area contributed by atoms with Gasteiger partial charge in [-0.3, -0.25) is 13.6 Å². The van der Waals surface area contributed by atoms with Crippen molar-refractivity contribution in [1.29, 1.82) is 0 Å². The van der Waals surface area contributed by atoms with Gasteiger partial charge in [0.1, 0.15) is 0 Å². The first kappa shape index (κ1) is 21.3. The molecule has 0 aliphatic carbocycles. The monoisotopic (exact) mass is 392 g/mol. The zero-order valence-electron chi connectivity index (χ0n) is 15.7. The summed E-state index contributed by atoms with van der Waals surface area (Å²) < 4.78 is 34.5. The zero-order chi connectivity index (χ0) is 19.7. The van der Waals surface area contributed by atoms with Gasteiger partial charge in [-0.15, -0.1) is 0 Å². The molecule has 7 heteroatoms. The Balaban J connectivity index is 2.14. The summed E-state index contributed by atoms with van der Waals surface area (Å²) in [5.74, 6) is -0.900. The number of phosphoric acid groups is 1. The molecule has 0 N–H and O–H groups in total. The molecule has 27 heavy (non-hydrogen) atoms. The van der Waals surface area contributed by atoms with Crippen LogP contribution in [0.5, 0.6) is 0 Å². The van der Waals surface area contributed by atoms with Crippen LogP contribution in [-0.4, -0.2) is 19.2 Å². The molecule has 146 valence electrons. The van der Waals surface area contributed by atoms with Gasteiger partial charge in [0.25, 0.3) is 0 Å². The molecule has 0 bridgehead atoms. The van der Waals surface area contributed by atoms with Crippen LogP contribution in [-0.2, 0) is 40.9 Å². The second-order valence-corrected chi connectivity index (χ2v) is 7.88. The van der Waals surface area contributed by atoms with E-state index in [-0.39, 0.29) is 19.1 Å². The summed E-state index contributed by atoms with van der Waals surface area (Å²) in [6.07, 6.45) is -1.06. The fraction of sp³-hybridized carbons (Fsp3) is 0.350. The first-order valence-corrected chi connectivity index (χ1v) is 10.1. The number of benzene rings is 2. The van der Waals surface area contributed by atoms with Crippen LogP contribution in [0.2, 0.25) is 0 Å². The summed E-state index contributed by atoms with van der Waals surface area (Å²) in [4.78, 5) is 12.0. The predicted molar refractivity (Wildman–Crippen MR) is 102 cm³/mol. The Morgan fingerprint density at radius 1 is 0.889 bits per heavy atom. The van der Waals surface area contributed by atoms with Crippen molar-refractivity contribution < 1.29 is 27.7 Å². The van der Waals surface area contributed by atoms with E-state index in [9.17, 15) is 9.36 Å². The van der Waals surface area contributed by atoms with E-state index in [4.69, 9.17) is 18.3 Å². The van der Waals surface area contributed by atoms with Gasteiger partial charge in [-0.05, 0) is 17.0 Å². The Morgan fingerprint density at radius 2 is 1.33 bits per heavy atom. The Kier molecular flexibility index (Phi) is 8.20. The summed E-state index contributed by atoms with van der Waals surface area (Å²) in [7, 11) is -2.78. The molecule has 0 saturated carbocycles. The molecule has 0 aliphatic rings. The predicted octanol–water partition coefficient (Wildman–Crippen LogP) is 4.74. The largest absolute Gasteiger partial charge is 0.476 e. The normalized spacial score (nSPS) is 12.7. The lowest BCUT2D eigenvalue weighted by Crippen LogP contribution is -2.30. The molecule has 0 aliphatic heterocycles. The topological polar surface area (TPSA) is 71.1 Å². The molecule has 2 aromatic rings. The van der Waals surface area contributed by atoms with E-state index in [1.54, 1.807) is 13.8 Å². The minimum Gasteiger partial charge on any atom is -0.467 e. The molecule has 0 radical (unpaired) electrons. The molecule has 0 amide bonds. The summed E-state index contributed by atoms with van der Waals surface area (Å²) in [5, 5.41) is 0. The van der Waals surface area contributed by atoms with Crippen LogP contribution in [0.3, 0.4) is 0 Å². The van der Waals surface area contributed by atoms with E-state index in [0.717, 1.165) is 11.1 Å². The van der Waals surface area contributed by atoms with E-state index >= 15 is 0 Å². The van der Waals surface area contributed by atoms with E-state index in [1.807, 2.05) is 60.7 Å². The molecule has 0 fully saturated rings. The van der Waals surface area contributed by atoms with Gasteiger partial charge in [0.05, 0.1) is 20.3 Å². The molecule has 0 spiro atoms. The lowest BCUT2D eigenvalue weighted by molar-refractivity contribution is -0.152. The molecule has 2 rings (SSSR count). The van der Waals surface area contributed by atoms with Gasteiger partial charge < -0.3 is 4.74 Å². The third-order valence-electron chi connectivity index (χ3n) is 3.75. The third kappa shape index (κ3) is 6.92. The average molecular weight is 392 g/mol. The molecule has 2 aromatic carbocycles. The summed E-state index contributed by atoms with van der Waals surface area (Å²) >= 11 is 0. The van der Waals surface area contributed by atoms with E-state index in [0.29, 0.717) is 0 Å². The third-order valence-corrected chi connectivity index (χ3v) is 5.12. The molecule has 0 unspecified atom stereocenters. The van der Waals surface area contributed by atoms with Crippen LogP contribution in [0, 0.1) is 5.92 Å². The van der Waals surface area contributed by atoms with Crippen LogP contribution in [0.15, 0.2) is 60.7 Å². The van der Waals surface area contributed by atoms with Crippen LogP contribution in [0.25, 0.3) is 0 Å². The number of carbonyl (C=O) groups excluding carboxylic acids is 1. The second-order valence-electron chi connectivity index (χ2n) is 6.26. The SMILES string of the molecule is COC(=O)[C@@H](OP(=O)(OCc1ccccc1)OCc1ccccc1)C(C)C. The number of ether oxygens (including phenoxy) is 1. The molecule has 0 aromatic heterocycles. The summed E-state index contributed by atoms with van der Waals surface area (Å²) in [6, 6.07) is 18.5. The fourth-order valence-electron chi connectivity index (χ4n) is 2.25. The standard InChI is InChI=1S/C20H25O6P/c1-16(2)19(20(21)23-3)26-27(22,24-14-17-10-6-4-7-11-17)25-15-18-12-8-5-9-13-18/h4-13,16,19H,14-15H2,1-3H3/t19-/m0/s1. The lowest BCUT2D eigenvalue weighted by atomic mass is 10.1. The number of methoxy groups -OCH3 is 1. The van der Waals surface area contributed by atoms with Gasteiger partial charge in [-0.2, -0.15) is 0 Å². The van der Waals surface area contributed by atoms with Gasteiger partial charge >= 0.3 is 13.8 Å². The number of carbonyl (C=O) groups is 1. The van der Waals surface area contributed by atoms with Crippen molar-refractivity contribution in [3.05, 3.63) is 71.8 Å². The number of hydrogen-bond donors (Lipinski definition) is 0. The molecule has 6 nitrogen and oxygen atoms in total. The van der Waals surface area contributed by atoms with Crippen LogP contribution < -0.4 is 0 Å². The molecular formula is C20H25O6P. The van der Waals surface area contributed by atoms with Crippen LogP contribution in [0.4, 0.5) is 0 Å². The first-order valence-electron chi connectivity index (χ1n) is 8.67. The number of rotatable bonds is 10. The lowest BCUT2D eigenvalue weighted by Gasteiger charge is -2.24. The van der Waals surface area contributed by atoms with Crippen molar-refractivity contribution >= 4 is 13.8 Å². The van der Waals surface area contributed by atoms with E-state index in [2.05, 4.69) is 0 Å². The van der Waals surface area contributed by atoms with Crippen molar-refractivity contribution in [2.75, 3.05) is 7.11 Å². The number of hydrogen-bond acceptors (Lipinski definition) is 6. The van der Waals surface area contributed by atoms with Crippen LogP contribution >= 0.6 is 7.82 Å². The zero-order valence-corrected chi connectivity index (χ0v) is 16.6. The number of phosphoric ester groups is 1. The molecule has 0 saturated heterocycles. The first-order chi connectivity index (χ1) is 12.9. The van der Waals surface area contributed by atoms with Crippen molar-refractivity contribution in [1.82, 2.24) is 0 Å². The smallest absolute Gasteiger partial charge is 0.467 e. The van der Waals surface area contributed by atoms with Crippen molar-refractivity contribution in [2.45, 2.75) is 33.2 Å². The minimum absolute atomic E-state index is 0.0267.